The molecule has 1 unspecified atom stereocenters. The SMILES string of the molecule is O=C(Cc1ccc(N=Nc2ccccc2)cc1)NC1CCCC1=O. The molecule has 1 fully saturated rings. The summed E-state index contributed by atoms with van der Waals surface area (Å²) in [5.41, 5.74) is 2.41. The Balaban J connectivity index is 1.55. The molecule has 0 spiro atoms. The monoisotopic (exact) mass is 321 g/mol. The van der Waals surface area contributed by atoms with Crippen LogP contribution in [0.3, 0.4) is 0 Å². The number of rotatable bonds is 5. The van der Waals surface area contributed by atoms with Gasteiger partial charge in [0, 0.05) is 6.42 Å². The lowest BCUT2D eigenvalue weighted by atomic mass is 10.1. The van der Waals surface area contributed by atoms with E-state index in [2.05, 4.69) is 15.5 Å². The standard InChI is InChI=1S/C19H19N3O2/c23-18-8-4-7-17(18)20-19(24)13-14-9-11-16(12-10-14)22-21-15-5-2-1-3-6-15/h1-3,5-6,9-12,17H,4,7-8,13H2,(H,20,24). The molecular formula is C19H19N3O2. The zero-order chi connectivity index (χ0) is 16.8. The number of hydrogen-bond donors (Lipinski definition) is 1. The van der Waals surface area contributed by atoms with Gasteiger partial charge in [-0.3, -0.25) is 9.59 Å². The van der Waals surface area contributed by atoms with Crippen LogP contribution in [0, 0.1) is 0 Å². The predicted molar refractivity (Wildman–Crippen MR) is 91.6 cm³/mol. The van der Waals surface area contributed by atoms with Gasteiger partial charge in [-0.2, -0.15) is 10.2 Å². The highest BCUT2D eigenvalue weighted by Crippen LogP contribution is 2.19. The summed E-state index contributed by atoms with van der Waals surface area (Å²) < 4.78 is 0. The number of ketones is 1. The summed E-state index contributed by atoms with van der Waals surface area (Å²) >= 11 is 0. The third-order valence-corrected chi connectivity index (χ3v) is 3.98. The first kappa shape index (κ1) is 16.1. The Morgan fingerprint density at radius 3 is 2.29 bits per heavy atom. The number of carbonyl (C=O) groups is 2. The Bertz CT molecular complexity index is 739. The molecule has 0 radical (unpaired) electrons. The number of amides is 1. The third kappa shape index (κ3) is 4.35. The average molecular weight is 321 g/mol. The molecule has 2 aromatic rings. The molecule has 1 N–H and O–H groups in total. The predicted octanol–water partition coefficient (Wildman–Crippen LogP) is 3.88. The highest BCUT2D eigenvalue weighted by atomic mass is 16.2. The van der Waals surface area contributed by atoms with Gasteiger partial charge in [0.2, 0.25) is 5.91 Å². The number of carbonyl (C=O) groups excluding carboxylic acids is 2. The summed E-state index contributed by atoms with van der Waals surface area (Å²) in [7, 11) is 0. The minimum Gasteiger partial charge on any atom is -0.346 e. The number of hydrogen-bond acceptors (Lipinski definition) is 4. The van der Waals surface area contributed by atoms with Crippen LogP contribution < -0.4 is 5.32 Å². The van der Waals surface area contributed by atoms with Gasteiger partial charge in [-0.15, -0.1) is 0 Å². The van der Waals surface area contributed by atoms with Gasteiger partial charge in [-0.25, -0.2) is 0 Å². The largest absolute Gasteiger partial charge is 0.346 e. The van der Waals surface area contributed by atoms with Crippen LogP contribution in [-0.2, 0) is 16.0 Å². The zero-order valence-corrected chi connectivity index (χ0v) is 13.3. The van der Waals surface area contributed by atoms with E-state index in [0.717, 1.165) is 29.8 Å². The molecule has 0 bridgehead atoms. The number of azo groups is 1. The van der Waals surface area contributed by atoms with Gasteiger partial charge < -0.3 is 5.32 Å². The molecule has 1 amide bonds. The molecule has 0 saturated heterocycles. The van der Waals surface area contributed by atoms with E-state index in [0.29, 0.717) is 6.42 Å². The van der Waals surface area contributed by atoms with Crippen LogP contribution in [0.4, 0.5) is 11.4 Å². The van der Waals surface area contributed by atoms with E-state index >= 15 is 0 Å². The topological polar surface area (TPSA) is 70.9 Å². The molecule has 1 atom stereocenters. The lowest BCUT2D eigenvalue weighted by Crippen LogP contribution is -2.38. The molecule has 3 rings (SSSR count). The van der Waals surface area contributed by atoms with Gasteiger partial charge in [0.15, 0.2) is 5.78 Å². The highest BCUT2D eigenvalue weighted by molar-refractivity contribution is 5.91. The van der Waals surface area contributed by atoms with E-state index in [9.17, 15) is 9.59 Å². The molecule has 1 aliphatic carbocycles. The van der Waals surface area contributed by atoms with Gasteiger partial charge in [-0.1, -0.05) is 30.3 Å². The smallest absolute Gasteiger partial charge is 0.224 e. The van der Waals surface area contributed by atoms with Crippen molar-refractivity contribution < 1.29 is 9.59 Å². The van der Waals surface area contributed by atoms with Crippen LogP contribution in [0.5, 0.6) is 0 Å². The second-order valence-corrected chi connectivity index (χ2v) is 5.86. The minimum atomic E-state index is -0.295. The van der Waals surface area contributed by atoms with Gasteiger partial charge in [0.1, 0.15) is 0 Å². The summed E-state index contributed by atoms with van der Waals surface area (Å²) in [4.78, 5) is 23.6. The Morgan fingerprint density at radius 1 is 1.00 bits per heavy atom. The van der Waals surface area contributed by atoms with Crippen molar-refractivity contribution in [1.82, 2.24) is 5.32 Å². The average Bonchev–Trinajstić information content (AvgIpc) is 3.00. The molecule has 5 nitrogen and oxygen atoms in total. The first-order valence-corrected chi connectivity index (χ1v) is 8.08. The number of nitrogens with one attached hydrogen (secondary N) is 1. The van der Waals surface area contributed by atoms with Crippen molar-refractivity contribution in [1.29, 1.82) is 0 Å². The van der Waals surface area contributed by atoms with E-state index in [1.54, 1.807) is 0 Å². The Labute approximate surface area is 140 Å². The van der Waals surface area contributed by atoms with Crippen LogP contribution in [0.15, 0.2) is 64.8 Å². The van der Waals surface area contributed by atoms with E-state index in [1.165, 1.54) is 0 Å². The minimum absolute atomic E-state index is 0.117. The summed E-state index contributed by atoms with van der Waals surface area (Å²) in [5, 5.41) is 11.1. The van der Waals surface area contributed by atoms with Crippen molar-refractivity contribution in [2.45, 2.75) is 31.7 Å². The lowest BCUT2D eigenvalue weighted by Gasteiger charge is -2.10. The Morgan fingerprint density at radius 2 is 1.67 bits per heavy atom. The maximum Gasteiger partial charge on any atom is 0.224 e. The van der Waals surface area contributed by atoms with E-state index < -0.39 is 0 Å². The van der Waals surface area contributed by atoms with Gasteiger partial charge in [0.25, 0.3) is 0 Å². The number of benzene rings is 2. The van der Waals surface area contributed by atoms with Gasteiger partial charge in [-0.05, 0) is 42.7 Å². The molecule has 24 heavy (non-hydrogen) atoms. The Hall–Kier alpha value is -2.82. The summed E-state index contributed by atoms with van der Waals surface area (Å²) in [6.45, 7) is 0. The maximum atomic E-state index is 12.0. The lowest BCUT2D eigenvalue weighted by molar-refractivity contribution is -0.126. The van der Waals surface area contributed by atoms with Crippen LogP contribution >= 0.6 is 0 Å². The maximum absolute atomic E-state index is 12.0. The molecule has 0 heterocycles. The highest BCUT2D eigenvalue weighted by Gasteiger charge is 2.25. The third-order valence-electron chi connectivity index (χ3n) is 3.98. The van der Waals surface area contributed by atoms with Gasteiger partial charge >= 0.3 is 0 Å². The molecule has 0 aromatic heterocycles. The number of nitrogens with zero attached hydrogens (tertiary/aromatic N) is 2. The first-order chi connectivity index (χ1) is 11.7. The van der Waals surface area contributed by atoms with Crippen LogP contribution in [0.2, 0.25) is 0 Å². The second-order valence-electron chi connectivity index (χ2n) is 5.86. The summed E-state index contributed by atoms with van der Waals surface area (Å²) in [6.07, 6.45) is 2.46. The van der Waals surface area contributed by atoms with E-state index in [4.69, 9.17) is 0 Å². The molecular weight excluding hydrogens is 302 g/mol. The van der Waals surface area contributed by atoms with Crippen molar-refractivity contribution in [3.05, 3.63) is 60.2 Å². The zero-order valence-electron chi connectivity index (χ0n) is 13.3. The quantitative estimate of drug-likeness (QED) is 0.849. The normalized spacial score (nSPS) is 17.3. The van der Waals surface area contributed by atoms with Crippen molar-refractivity contribution >= 4 is 23.1 Å². The summed E-state index contributed by atoms with van der Waals surface area (Å²) in [5.74, 6) is 0.0222. The molecule has 5 heteroatoms. The number of Topliss-reactive ketones (excluding diaryl/α,β-unsaturated/α-hetero) is 1. The van der Waals surface area contributed by atoms with Crippen LogP contribution in [0.25, 0.3) is 0 Å². The molecule has 1 aliphatic rings. The fourth-order valence-electron chi connectivity index (χ4n) is 2.69. The Kier molecular flexibility index (Phi) is 5.11. The fourth-order valence-corrected chi connectivity index (χ4v) is 2.69. The van der Waals surface area contributed by atoms with Gasteiger partial charge in [0.05, 0.1) is 23.8 Å². The van der Waals surface area contributed by atoms with E-state index in [-0.39, 0.29) is 24.2 Å². The van der Waals surface area contributed by atoms with E-state index in [1.807, 2.05) is 54.6 Å². The molecule has 0 aliphatic heterocycles. The van der Waals surface area contributed by atoms with Crippen molar-refractivity contribution in [2.75, 3.05) is 0 Å². The van der Waals surface area contributed by atoms with Crippen LogP contribution in [-0.4, -0.2) is 17.7 Å². The van der Waals surface area contributed by atoms with Crippen molar-refractivity contribution in [3.8, 4) is 0 Å². The van der Waals surface area contributed by atoms with Crippen LogP contribution in [0.1, 0.15) is 24.8 Å². The molecule has 2 aromatic carbocycles. The molecule has 122 valence electrons. The van der Waals surface area contributed by atoms with Crippen molar-refractivity contribution in [3.63, 3.8) is 0 Å². The summed E-state index contributed by atoms with van der Waals surface area (Å²) in [6, 6.07) is 16.6. The fraction of sp³-hybridized carbons (Fsp3) is 0.263. The second kappa shape index (κ2) is 7.64. The molecule has 1 saturated carbocycles. The van der Waals surface area contributed by atoms with Crippen molar-refractivity contribution in [2.24, 2.45) is 10.2 Å². The first-order valence-electron chi connectivity index (χ1n) is 8.08.